The number of piperazine rings is 1. The van der Waals surface area contributed by atoms with Crippen molar-refractivity contribution < 1.29 is 0 Å². The Morgan fingerprint density at radius 2 is 1.59 bits per heavy atom. The summed E-state index contributed by atoms with van der Waals surface area (Å²) in [5.41, 5.74) is 2.02. The Labute approximate surface area is 169 Å². The van der Waals surface area contributed by atoms with E-state index in [4.69, 9.17) is 0 Å². The lowest BCUT2D eigenvalue weighted by molar-refractivity contribution is 0.248. The zero-order valence-corrected chi connectivity index (χ0v) is 16.6. The molecule has 150 valence electrons. The van der Waals surface area contributed by atoms with Gasteiger partial charge in [0.25, 0.3) is 11.1 Å². The van der Waals surface area contributed by atoms with Gasteiger partial charge in [0.2, 0.25) is 0 Å². The van der Waals surface area contributed by atoms with Crippen molar-refractivity contribution in [2.24, 2.45) is 7.05 Å². The standard InChI is InChI=1S/C22H25N5O2/c1-24-10-9-19(15-22(24)29)16-25-11-13-26(14-12-25)20-7-8-21(28)27(23-20)17-18-5-3-2-4-6-18/h2-10,15H,11-14,16-17H2,1H3. The number of rotatable bonds is 5. The van der Waals surface area contributed by atoms with Crippen LogP contribution in [0, 0.1) is 0 Å². The molecule has 7 nitrogen and oxygen atoms in total. The molecular weight excluding hydrogens is 366 g/mol. The van der Waals surface area contributed by atoms with Gasteiger partial charge in [-0.3, -0.25) is 14.5 Å². The molecule has 1 saturated heterocycles. The molecule has 1 aliphatic rings. The predicted octanol–water partition coefficient (Wildman–Crippen LogP) is 1.31. The Balaban J connectivity index is 1.40. The van der Waals surface area contributed by atoms with Crippen molar-refractivity contribution in [3.8, 4) is 0 Å². The number of hydrogen-bond acceptors (Lipinski definition) is 5. The normalized spacial score (nSPS) is 14.9. The van der Waals surface area contributed by atoms with Crippen LogP contribution in [-0.2, 0) is 20.1 Å². The molecular formula is C22H25N5O2. The number of pyridine rings is 1. The van der Waals surface area contributed by atoms with Gasteiger partial charge < -0.3 is 9.47 Å². The largest absolute Gasteiger partial charge is 0.353 e. The molecule has 0 aliphatic carbocycles. The van der Waals surface area contributed by atoms with Crippen LogP contribution in [0.2, 0.25) is 0 Å². The summed E-state index contributed by atoms with van der Waals surface area (Å²) in [7, 11) is 1.76. The molecule has 7 heteroatoms. The number of nitrogens with zero attached hydrogens (tertiary/aromatic N) is 5. The van der Waals surface area contributed by atoms with E-state index in [9.17, 15) is 9.59 Å². The quantitative estimate of drug-likeness (QED) is 0.656. The average Bonchev–Trinajstić information content (AvgIpc) is 2.74. The second-order valence-electron chi connectivity index (χ2n) is 7.42. The molecule has 29 heavy (non-hydrogen) atoms. The lowest BCUT2D eigenvalue weighted by Crippen LogP contribution is -2.46. The molecule has 3 heterocycles. The molecule has 0 N–H and O–H groups in total. The predicted molar refractivity (Wildman–Crippen MR) is 113 cm³/mol. The summed E-state index contributed by atoms with van der Waals surface area (Å²) < 4.78 is 3.11. The maximum Gasteiger partial charge on any atom is 0.267 e. The van der Waals surface area contributed by atoms with Crippen molar-refractivity contribution >= 4 is 5.82 Å². The minimum Gasteiger partial charge on any atom is -0.353 e. The van der Waals surface area contributed by atoms with Crippen LogP contribution in [0.5, 0.6) is 0 Å². The fourth-order valence-corrected chi connectivity index (χ4v) is 3.56. The van der Waals surface area contributed by atoms with Gasteiger partial charge in [-0.2, -0.15) is 5.10 Å². The van der Waals surface area contributed by atoms with Gasteiger partial charge in [0.1, 0.15) is 5.82 Å². The van der Waals surface area contributed by atoms with Crippen LogP contribution in [0.1, 0.15) is 11.1 Å². The molecule has 0 spiro atoms. The highest BCUT2D eigenvalue weighted by molar-refractivity contribution is 5.37. The minimum absolute atomic E-state index is 0.0195. The smallest absolute Gasteiger partial charge is 0.267 e. The SMILES string of the molecule is Cn1ccc(CN2CCN(c3ccc(=O)n(Cc4ccccc4)n3)CC2)cc1=O. The van der Waals surface area contributed by atoms with Crippen LogP contribution in [0.3, 0.4) is 0 Å². The average molecular weight is 391 g/mol. The number of aryl methyl sites for hydroxylation is 1. The van der Waals surface area contributed by atoms with Gasteiger partial charge in [0.15, 0.2) is 0 Å². The van der Waals surface area contributed by atoms with Crippen molar-refractivity contribution in [3.05, 3.63) is 92.6 Å². The fraction of sp³-hybridized carbons (Fsp3) is 0.318. The van der Waals surface area contributed by atoms with Gasteiger partial charge in [0.05, 0.1) is 6.54 Å². The second kappa shape index (κ2) is 8.45. The highest BCUT2D eigenvalue weighted by atomic mass is 16.1. The molecule has 0 saturated carbocycles. The fourth-order valence-electron chi connectivity index (χ4n) is 3.56. The van der Waals surface area contributed by atoms with Crippen molar-refractivity contribution in [1.29, 1.82) is 0 Å². The summed E-state index contributed by atoms with van der Waals surface area (Å²) in [6.07, 6.45) is 1.81. The van der Waals surface area contributed by atoms with Gasteiger partial charge in [-0.15, -0.1) is 0 Å². The molecule has 0 unspecified atom stereocenters. The van der Waals surface area contributed by atoms with Crippen molar-refractivity contribution in [2.45, 2.75) is 13.1 Å². The number of anilines is 1. The number of benzene rings is 1. The van der Waals surface area contributed by atoms with Gasteiger partial charge in [-0.05, 0) is 23.3 Å². The monoisotopic (exact) mass is 391 g/mol. The van der Waals surface area contributed by atoms with Crippen LogP contribution in [0.25, 0.3) is 0 Å². The van der Waals surface area contributed by atoms with E-state index in [1.54, 1.807) is 29.8 Å². The van der Waals surface area contributed by atoms with Gasteiger partial charge in [-0.1, -0.05) is 30.3 Å². The third-order valence-electron chi connectivity index (χ3n) is 5.30. The van der Waals surface area contributed by atoms with Gasteiger partial charge >= 0.3 is 0 Å². The van der Waals surface area contributed by atoms with Crippen LogP contribution in [0.15, 0.2) is 70.4 Å². The zero-order chi connectivity index (χ0) is 20.2. The Morgan fingerprint density at radius 1 is 0.828 bits per heavy atom. The van der Waals surface area contributed by atoms with E-state index in [1.165, 1.54) is 4.68 Å². The van der Waals surface area contributed by atoms with Crippen LogP contribution >= 0.6 is 0 Å². The summed E-state index contributed by atoms with van der Waals surface area (Å²) in [5.74, 6) is 0.828. The molecule has 1 aliphatic heterocycles. The highest BCUT2D eigenvalue weighted by Crippen LogP contribution is 2.14. The van der Waals surface area contributed by atoms with Crippen LogP contribution < -0.4 is 16.0 Å². The molecule has 4 rings (SSSR count). The van der Waals surface area contributed by atoms with Crippen molar-refractivity contribution in [3.63, 3.8) is 0 Å². The van der Waals surface area contributed by atoms with E-state index in [2.05, 4.69) is 14.9 Å². The van der Waals surface area contributed by atoms with Crippen LogP contribution in [-0.4, -0.2) is 45.4 Å². The molecule has 1 aromatic carbocycles. The maximum absolute atomic E-state index is 12.2. The Morgan fingerprint density at radius 3 is 2.31 bits per heavy atom. The topological polar surface area (TPSA) is 63.4 Å². The van der Waals surface area contributed by atoms with E-state index >= 15 is 0 Å². The summed E-state index contributed by atoms with van der Waals surface area (Å²) in [5, 5.41) is 4.59. The maximum atomic E-state index is 12.2. The molecule has 0 atom stereocenters. The minimum atomic E-state index is -0.0955. The summed E-state index contributed by atoms with van der Waals surface area (Å²) in [6.45, 7) is 4.67. The Bertz CT molecular complexity index is 1080. The van der Waals surface area contributed by atoms with E-state index < -0.39 is 0 Å². The molecule has 0 bridgehead atoms. The second-order valence-corrected chi connectivity index (χ2v) is 7.42. The third-order valence-corrected chi connectivity index (χ3v) is 5.30. The first-order valence-electron chi connectivity index (χ1n) is 9.83. The summed E-state index contributed by atoms with van der Waals surface area (Å²) >= 11 is 0. The molecule has 3 aromatic rings. The van der Waals surface area contributed by atoms with E-state index in [0.717, 1.165) is 49.7 Å². The number of aromatic nitrogens is 3. The van der Waals surface area contributed by atoms with Crippen LogP contribution in [0.4, 0.5) is 5.82 Å². The van der Waals surface area contributed by atoms with Crippen molar-refractivity contribution in [1.82, 2.24) is 19.2 Å². The van der Waals surface area contributed by atoms with Crippen molar-refractivity contribution in [2.75, 3.05) is 31.1 Å². The Hall–Kier alpha value is -3.19. The molecule has 2 aromatic heterocycles. The Kier molecular flexibility index (Phi) is 5.57. The van der Waals surface area contributed by atoms with E-state index in [0.29, 0.717) is 6.54 Å². The van der Waals surface area contributed by atoms with E-state index in [1.807, 2.05) is 42.6 Å². The zero-order valence-electron chi connectivity index (χ0n) is 16.6. The van der Waals surface area contributed by atoms with E-state index in [-0.39, 0.29) is 11.1 Å². The first kappa shape index (κ1) is 19.1. The summed E-state index contributed by atoms with van der Waals surface area (Å²) in [4.78, 5) is 28.6. The lowest BCUT2D eigenvalue weighted by Gasteiger charge is -2.35. The summed E-state index contributed by atoms with van der Waals surface area (Å²) in [6, 6.07) is 17.0. The third kappa shape index (κ3) is 4.63. The highest BCUT2D eigenvalue weighted by Gasteiger charge is 2.19. The van der Waals surface area contributed by atoms with Gasteiger partial charge in [-0.25, -0.2) is 4.68 Å². The number of hydrogen-bond donors (Lipinski definition) is 0. The molecule has 0 radical (unpaired) electrons. The lowest BCUT2D eigenvalue weighted by atomic mass is 10.2. The van der Waals surface area contributed by atoms with Gasteiger partial charge in [0, 0.05) is 58.1 Å². The first-order chi connectivity index (χ1) is 14.1. The molecule has 1 fully saturated rings. The first-order valence-corrected chi connectivity index (χ1v) is 9.83. The molecule has 0 amide bonds.